The van der Waals surface area contributed by atoms with Crippen LogP contribution in [0.3, 0.4) is 0 Å². The van der Waals surface area contributed by atoms with Gasteiger partial charge in [0.05, 0.1) is 17.6 Å². The Morgan fingerprint density at radius 3 is 2.67 bits per heavy atom. The molecular weight excluding hydrogens is 468 g/mol. The monoisotopic (exact) mass is 512 g/mol. The topological polar surface area (TPSA) is 63.6 Å². The zero-order valence-electron chi connectivity index (χ0n) is 22.3. The number of hydrogen-bond donors (Lipinski definition) is 1. The van der Waals surface area contributed by atoms with Gasteiger partial charge >= 0.3 is 0 Å². The van der Waals surface area contributed by atoms with Crippen molar-refractivity contribution in [3.63, 3.8) is 0 Å². The Labute approximate surface area is 218 Å². The minimum Gasteiger partial charge on any atom is -0.393 e. The molecule has 0 aliphatic heterocycles. The first-order valence-electron chi connectivity index (χ1n) is 13.8. The van der Waals surface area contributed by atoms with Crippen LogP contribution in [0.5, 0.6) is 0 Å². The highest BCUT2D eigenvalue weighted by molar-refractivity contribution is 7.86. The molecule has 0 bridgehead atoms. The van der Waals surface area contributed by atoms with Gasteiger partial charge in [0.1, 0.15) is 0 Å². The highest BCUT2D eigenvalue weighted by Gasteiger charge is 2.50. The van der Waals surface area contributed by atoms with Gasteiger partial charge in [-0.1, -0.05) is 61.4 Å². The Bertz CT molecular complexity index is 1100. The average Bonchev–Trinajstić information content (AvgIpc) is 3.20. The third-order valence-corrected chi connectivity index (χ3v) is 10.6. The van der Waals surface area contributed by atoms with Crippen LogP contribution < -0.4 is 0 Å². The maximum Gasteiger partial charge on any atom is 0.296 e. The normalized spacial score (nSPS) is 32.1. The van der Waals surface area contributed by atoms with E-state index in [4.69, 9.17) is 4.18 Å². The Balaban J connectivity index is 1.34. The fraction of sp³-hybridized carbons (Fsp3) is 0.613. The molecule has 5 heteroatoms. The molecule has 0 aromatic heterocycles. The van der Waals surface area contributed by atoms with E-state index in [9.17, 15) is 13.5 Å². The SMILES string of the molecule is C=C1CC[C@H](O)C/C1=C/C=C1\CCC[C@]2(C)[C@@H]([C@@H](C)CCCOS(=O)(=O)c3ccc(C)cc3)CC[C@@H]12. The maximum atomic E-state index is 12.5. The third-order valence-electron chi connectivity index (χ3n) is 9.26. The van der Waals surface area contributed by atoms with Crippen molar-refractivity contribution in [1.82, 2.24) is 0 Å². The first-order chi connectivity index (χ1) is 17.1. The van der Waals surface area contributed by atoms with E-state index in [1.165, 1.54) is 43.3 Å². The minimum atomic E-state index is -3.69. The fourth-order valence-electron chi connectivity index (χ4n) is 7.16. The summed E-state index contributed by atoms with van der Waals surface area (Å²) < 4.78 is 30.3. The molecule has 4 rings (SSSR count). The van der Waals surface area contributed by atoms with Crippen LogP contribution in [-0.2, 0) is 14.3 Å². The van der Waals surface area contributed by atoms with Crippen LogP contribution in [0.2, 0.25) is 0 Å². The molecule has 0 saturated heterocycles. The molecule has 5 atom stereocenters. The van der Waals surface area contributed by atoms with Gasteiger partial charge in [-0.25, -0.2) is 0 Å². The second-order valence-electron chi connectivity index (χ2n) is 11.7. The van der Waals surface area contributed by atoms with Gasteiger partial charge in [-0.3, -0.25) is 4.18 Å². The maximum absolute atomic E-state index is 12.5. The lowest BCUT2D eigenvalue weighted by atomic mass is 9.60. The van der Waals surface area contributed by atoms with Crippen molar-refractivity contribution in [2.24, 2.45) is 23.2 Å². The Hall–Kier alpha value is -1.69. The number of aliphatic hydroxyl groups is 1. The average molecular weight is 513 g/mol. The Morgan fingerprint density at radius 1 is 1.17 bits per heavy atom. The number of allylic oxidation sites excluding steroid dienone is 4. The predicted octanol–water partition coefficient (Wildman–Crippen LogP) is 7.29. The van der Waals surface area contributed by atoms with Gasteiger partial charge < -0.3 is 5.11 Å². The molecule has 3 aliphatic rings. The molecule has 1 aromatic carbocycles. The summed E-state index contributed by atoms with van der Waals surface area (Å²) in [5, 5.41) is 10.1. The van der Waals surface area contributed by atoms with E-state index in [2.05, 4.69) is 32.6 Å². The van der Waals surface area contributed by atoms with Gasteiger partial charge in [0.15, 0.2) is 0 Å². The zero-order valence-corrected chi connectivity index (χ0v) is 23.2. The molecule has 0 heterocycles. The summed E-state index contributed by atoms with van der Waals surface area (Å²) in [7, 11) is -3.69. The molecule has 198 valence electrons. The van der Waals surface area contributed by atoms with Crippen LogP contribution in [0.15, 0.2) is 64.6 Å². The van der Waals surface area contributed by atoms with E-state index in [0.717, 1.165) is 37.7 Å². The van der Waals surface area contributed by atoms with Crippen LogP contribution in [-0.4, -0.2) is 26.2 Å². The van der Waals surface area contributed by atoms with E-state index in [-0.39, 0.29) is 17.6 Å². The second kappa shape index (κ2) is 11.4. The summed E-state index contributed by atoms with van der Waals surface area (Å²) in [4.78, 5) is 0.232. The Morgan fingerprint density at radius 2 is 1.92 bits per heavy atom. The summed E-state index contributed by atoms with van der Waals surface area (Å²) in [5.74, 6) is 1.81. The summed E-state index contributed by atoms with van der Waals surface area (Å²) >= 11 is 0. The van der Waals surface area contributed by atoms with E-state index in [0.29, 0.717) is 23.2 Å². The van der Waals surface area contributed by atoms with Gasteiger partial charge in [0.2, 0.25) is 0 Å². The van der Waals surface area contributed by atoms with Crippen molar-refractivity contribution in [3.8, 4) is 0 Å². The molecule has 3 aliphatic carbocycles. The largest absolute Gasteiger partial charge is 0.393 e. The highest BCUT2D eigenvalue weighted by atomic mass is 32.2. The molecular formula is C31H44O4S. The van der Waals surface area contributed by atoms with Gasteiger partial charge in [0, 0.05) is 0 Å². The second-order valence-corrected chi connectivity index (χ2v) is 13.4. The molecule has 1 N–H and O–H groups in total. The summed E-state index contributed by atoms with van der Waals surface area (Å²) in [6.07, 6.45) is 14.7. The first kappa shape index (κ1) is 27.3. The number of benzene rings is 1. The summed E-state index contributed by atoms with van der Waals surface area (Å²) in [6, 6.07) is 6.83. The molecule has 1 aromatic rings. The lowest BCUT2D eigenvalue weighted by molar-refractivity contribution is 0.0916. The Kier molecular flexibility index (Phi) is 8.63. The number of hydrogen-bond acceptors (Lipinski definition) is 4. The van der Waals surface area contributed by atoms with Crippen molar-refractivity contribution < 1.29 is 17.7 Å². The van der Waals surface area contributed by atoms with Crippen molar-refractivity contribution in [2.75, 3.05) is 6.61 Å². The lowest BCUT2D eigenvalue weighted by Gasteiger charge is -2.44. The third kappa shape index (κ3) is 6.06. The quantitative estimate of drug-likeness (QED) is 0.293. The van der Waals surface area contributed by atoms with Gasteiger partial charge in [-0.05, 0) is 112 Å². The fourth-order valence-corrected chi connectivity index (χ4v) is 8.10. The summed E-state index contributed by atoms with van der Waals surface area (Å²) in [5.41, 5.74) is 5.31. The van der Waals surface area contributed by atoms with Crippen LogP contribution in [0, 0.1) is 30.1 Å². The van der Waals surface area contributed by atoms with Crippen molar-refractivity contribution in [1.29, 1.82) is 0 Å². The molecule has 3 saturated carbocycles. The van der Waals surface area contributed by atoms with E-state index >= 15 is 0 Å². The molecule has 0 spiro atoms. The van der Waals surface area contributed by atoms with Crippen molar-refractivity contribution >= 4 is 10.1 Å². The lowest BCUT2D eigenvalue weighted by Crippen LogP contribution is -2.36. The van der Waals surface area contributed by atoms with Crippen LogP contribution in [0.25, 0.3) is 0 Å². The van der Waals surface area contributed by atoms with E-state index in [1.807, 2.05) is 6.92 Å². The first-order valence-corrected chi connectivity index (χ1v) is 15.2. The standard InChI is InChI=1S/C31H44O4S/c1-22-9-15-28(16-10-22)36(33,34)35-20-6-7-24(3)29-17-18-30-25(8-5-19-31(29,30)4)12-13-26-21-27(32)14-11-23(26)2/h9-10,12-13,15-16,24,27,29-30,32H,2,5-8,11,14,17-21H2,1,3-4H3/b25-12+,26-13-/t24-,27-,29+,30-,31+/m0/s1. The zero-order chi connectivity index (χ0) is 25.9. The molecule has 0 amide bonds. The molecule has 0 unspecified atom stereocenters. The molecule has 0 radical (unpaired) electrons. The predicted molar refractivity (Wildman–Crippen MR) is 146 cm³/mol. The van der Waals surface area contributed by atoms with E-state index < -0.39 is 10.1 Å². The van der Waals surface area contributed by atoms with Crippen molar-refractivity contribution in [3.05, 3.63) is 65.3 Å². The number of aliphatic hydroxyl groups excluding tert-OH is 1. The van der Waals surface area contributed by atoms with E-state index in [1.54, 1.807) is 29.8 Å². The highest BCUT2D eigenvalue weighted by Crippen LogP contribution is 2.59. The van der Waals surface area contributed by atoms with Crippen LogP contribution >= 0.6 is 0 Å². The van der Waals surface area contributed by atoms with Gasteiger partial charge in [-0.15, -0.1) is 0 Å². The number of aryl methyl sites for hydroxylation is 1. The van der Waals surface area contributed by atoms with Crippen LogP contribution in [0.1, 0.15) is 83.6 Å². The molecule has 3 fully saturated rings. The number of rotatable bonds is 8. The molecule has 36 heavy (non-hydrogen) atoms. The van der Waals surface area contributed by atoms with Gasteiger partial charge in [0.25, 0.3) is 10.1 Å². The summed E-state index contributed by atoms with van der Waals surface area (Å²) in [6.45, 7) is 11.2. The van der Waals surface area contributed by atoms with Crippen LogP contribution in [0.4, 0.5) is 0 Å². The number of fused-ring (bicyclic) bond motifs is 1. The smallest absolute Gasteiger partial charge is 0.296 e. The van der Waals surface area contributed by atoms with Gasteiger partial charge in [-0.2, -0.15) is 8.42 Å². The van der Waals surface area contributed by atoms with Crippen molar-refractivity contribution in [2.45, 2.75) is 96.0 Å². The minimum absolute atomic E-state index is 0.232. The molecule has 4 nitrogen and oxygen atoms in total.